The van der Waals surface area contributed by atoms with Crippen molar-refractivity contribution in [1.82, 2.24) is 4.90 Å². The van der Waals surface area contributed by atoms with E-state index in [1.165, 1.54) is 5.56 Å². The Balaban J connectivity index is 0.00000242. The van der Waals surface area contributed by atoms with Crippen molar-refractivity contribution in [1.29, 1.82) is 0 Å². The Morgan fingerprint density at radius 3 is 2.73 bits per heavy atom. The Hall–Kier alpha value is -1.26. The van der Waals surface area contributed by atoms with Gasteiger partial charge < -0.3 is 15.4 Å². The molecule has 5 heteroatoms. The van der Waals surface area contributed by atoms with Gasteiger partial charge in [0.15, 0.2) is 6.10 Å². The zero-order valence-electron chi connectivity index (χ0n) is 13.6. The maximum Gasteiger partial charge on any atom is 0.263 e. The van der Waals surface area contributed by atoms with Crippen LogP contribution in [0.25, 0.3) is 0 Å². The van der Waals surface area contributed by atoms with Gasteiger partial charge in [-0.05, 0) is 43.4 Å². The van der Waals surface area contributed by atoms with Crippen molar-refractivity contribution in [3.05, 3.63) is 29.8 Å². The highest BCUT2D eigenvalue weighted by molar-refractivity contribution is 5.85. The first-order valence-corrected chi connectivity index (χ1v) is 7.78. The van der Waals surface area contributed by atoms with Gasteiger partial charge in [0.05, 0.1) is 0 Å². The van der Waals surface area contributed by atoms with E-state index in [1.807, 2.05) is 30.0 Å². The maximum absolute atomic E-state index is 12.4. The molecular weight excluding hydrogens is 300 g/mol. The number of nitrogens with two attached hydrogens (primary N) is 1. The molecular formula is C17H27ClN2O2. The van der Waals surface area contributed by atoms with Crippen molar-refractivity contribution in [3.63, 3.8) is 0 Å². The van der Waals surface area contributed by atoms with Gasteiger partial charge >= 0.3 is 0 Å². The molecule has 0 aromatic heterocycles. The normalized spacial score (nSPS) is 19.5. The van der Waals surface area contributed by atoms with Gasteiger partial charge in [0.25, 0.3) is 5.91 Å². The lowest BCUT2D eigenvalue weighted by Crippen LogP contribution is -2.49. The molecule has 1 amide bonds. The summed E-state index contributed by atoms with van der Waals surface area (Å²) in [5, 5.41) is 0. The van der Waals surface area contributed by atoms with Crippen LogP contribution in [-0.2, 0) is 4.79 Å². The van der Waals surface area contributed by atoms with Crippen molar-refractivity contribution in [3.8, 4) is 5.75 Å². The van der Waals surface area contributed by atoms with Crippen LogP contribution in [0.15, 0.2) is 24.3 Å². The van der Waals surface area contributed by atoms with Gasteiger partial charge in [0.1, 0.15) is 5.75 Å². The van der Waals surface area contributed by atoms with Gasteiger partial charge in [-0.25, -0.2) is 0 Å². The van der Waals surface area contributed by atoms with E-state index < -0.39 is 6.10 Å². The van der Waals surface area contributed by atoms with Crippen LogP contribution in [0.1, 0.15) is 45.1 Å². The molecule has 0 bridgehead atoms. The predicted molar refractivity (Wildman–Crippen MR) is 91.7 cm³/mol. The number of ether oxygens (including phenoxy) is 1. The average molecular weight is 327 g/mol. The molecule has 1 saturated heterocycles. The molecule has 2 N–H and O–H groups in total. The lowest BCUT2D eigenvalue weighted by molar-refractivity contribution is -0.139. The fourth-order valence-corrected chi connectivity index (χ4v) is 2.67. The number of nitrogens with zero attached hydrogens (tertiary/aromatic N) is 1. The van der Waals surface area contributed by atoms with Crippen molar-refractivity contribution in [2.24, 2.45) is 5.73 Å². The second-order valence-electron chi connectivity index (χ2n) is 6.17. The van der Waals surface area contributed by atoms with Gasteiger partial charge in [-0.2, -0.15) is 0 Å². The summed E-state index contributed by atoms with van der Waals surface area (Å²) in [5.41, 5.74) is 7.15. The summed E-state index contributed by atoms with van der Waals surface area (Å²) in [6.45, 7) is 7.51. The van der Waals surface area contributed by atoms with Crippen molar-refractivity contribution in [2.75, 3.05) is 13.1 Å². The van der Waals surface area contributed by atoms with Crippen molar-refractivity contribution >= 4 is 18.3 Å². The summed E-state index contributed by atoms with van der Waals surface area (Å²) in [6, 6.07) is 8.06. The van der Waals surface area contributed by atoms with E-state index in [4.69, 9.17) is 10.5 Å². The molecule has 0 saturated carbocycles. The lowest BCUT2D eigenvalue weighted by atomic mass is 10.0. The highest BCUT2D eigenvalue weighted by atomic mass is 35.5. The number of hydrogen-bond donors (Lipinski definition) is 1. The van der Waals surface area contributed by atoms with E-state index in [2.05, 4.69) is 19.9 Å². The first-order chi connectivity index (χ1) is 9.97. The zero-order chi connectivity index (χ0) is 15.4. The first kappa shape index (κ1) is 18.8. The Kier molecular flexibility index (Phi) is 7.17. The second-order valence-corrected chi connectivity index (χ2v) is 6.17. The van der Waals surface area contributed by atoms with Gasteiger partial charge in [0.2, 0.25) is 0 Å². The minimum Gasteiger partial charge on any atom is -0.481 e. The number of halogens is 1. The molecule has 1 fully saturated rings. The van der Waals surface area contributed by atoms with Crippen LogP contribution in [0.2, 0.25) is 0 Å². The van der Waals surface area contributed by atoms with Gasteiger partial charge in [-0.3, -0.25) is 4.79 Å². The molecule has 4 nitrogen and oxygen atoms in total. The van der Waals surface area contributed by atoms with Gasteiger partial charge in [-0.1, -0.05) is 26.0 Å². The van der Waals surface area contributed by atoms with E-state index in [1.54, 1.807) is 0 Å². The van der Waals surface area contributed by atoms with Crippen LogP contribution in [0.4, 0.5) is 0 Å². The average Bonchev–Trinajstić information content (AvgIpc) is 2.46. The summed E-state index contributed by atoms with van der Waals surface area (Å²) in [7, 11) is 0. The van der Waals surface area contributed by atoms with Crippen LogP contribution in [0.3, 0.4) is 0 Å². The van der Waals surface area contributed by atoms with Crippen LogP contribution in [0, 0.1) is 0 Å². The number of piperidine rings is 1. The van der Waals surface area contributed by atoms with Crippen molar-refractivity contribution in [2.45, 2.75) is 51.7 Å². The Bertz CT molecular complexity index is 493. The van der Waals surface area contributed by atoms with E-state index in [9.17, 15) is 4.79 Å². The Morgan fingerprint density at radius 2 is 2.09 bits per heavy atom. The molecule has 1 heterocycles. The Labute approximate surface area is 139 Å². The van der Waals surface area contributed by atoms with Gasteiger partial charge in [-0.15, -0.1) is 12.4 Å². The molecule has 1 aromatic carbocycles. The molecule has 2 rings (SSSR count). The molecule has 2 atom stereocenters. The van der Waals surface area contributed by atoms with E-state index in [0.29, 0.717) is 12.5 Å². The summed E-state index contributed by atoms with van der Waals surface area (Å²) in [4.78, 5) is 14.2. The van der Waals surface area contributed by atoms with Crippen LogP contribution >= 0.6 is 12.4 Å². The number of benzene rings is 1. The van der Waals surface area contributed by atoms with Gasteiger partial charge in [0, 0.05) is 19.1 Å². The SMILES string of the molecule is CC(Oc1cccc(C(C)C)c1)C(=O)N1CCCC(N)C1.Cl. The molecule has 1 aliphatic rings. The maximum atomic E-state index is 12.4. The predicted octanol–water partition coefficient (Wildman–Crippen LogP) is 2.95. The fourth-order valence-electron chi connectivity index (χ4n) is 2.67. The first-order valence-electron chi connectivity index (χ1n) is 7.78. The lowest BCUT2D eigenvalue weighted by Gasteiger charge is -2.32. The minimum absolute atomic E-state index is 0. The quantitative estimate of drug-likeness (QED) is 0.925. The standard InChI is InChI=1S/C17H26N2O2.ClH/c1-12(2)14-6-4-8-16(10-14)21-13(3)17(20)19-9-5-7-15(18)11-19;/h4,6,8,10,12-13,15H,5,7,9,11,18H2,1-3H3;1H. The molecule has 2 unspecified atom stereocenters. The highest BCUT2D eigenvalue weighted by Crippen LogP contribution is 2.21. The molecule has 1 aromatic rings. The molecule has 22 heavy (non-hydrogen) atoms. The number of hydrogen-bond acceptors (Lipinski definition) is 3. The molecule has 0 spiro atoms. The third-order valence-electron chi connectivity index (χ3n) is 3.95. The molecule has 0 aliphatic carbocycles. The van der Waals surface area contributed by atoms with Crippen LogP contribution in [-0.4, -0.2) is 36.0 Å². The van der Waals surface area contributed by atoms with Crippen LogP contribution in [0.5, 0.6) is 5.75 Å². The number of likely N-dealkylation sites (tertiary alicyclic amines) is 1. The Morgan fingerprint density at radius 1 is 1.36 bits per heavy atom. The molecule has 1 aliphatic heterocycles. The van der Waals surface area contributed by atoms with Crippen molar-refractivity contribution < 1.29 is 9.53 Å². The number of carbonyl (C=O) groups is 1. The summed E-state index contributed by atoms with van der Waals surface area (Å²) < 4.78 is 5.82. The number of rotatable bonds is 4. The van der Waals surface area contributed by atoms with E-state index in [0.717, 1.165) is 25.1 Å². The molecule has 124 valence electrons. The summed E-state index contributed by atoms with van der Waals surface area (Å²) in [6.07, 6.45) is 1.50. The third-order valence-corrected chi connectivity index (χ3v) is 3.95. The number of carbonyl (C=O) groups excluding carboxylic acids is 1. The van der Waals surface area contributed by atoms with E-state index >= 15 is 0 Å². The summed E-state index contributed by atoms with van der Waals surface area (Å²) >= 11 is 0. The molecule has 0 radical (unpaired) electrons. The van der Waals surface area contributed by atoms with E-state index in [-0.39, 0.29) is 24.4 Å². The second kappa shape index (κ2) is 8.39. The monoisotopic (exact) mass is 326 g/mol. The smallest absolute Gasteiger partial charge is 0.263 e. The van der Waals surface area contributed by atoms with Crippen LogP contribution < -0.4 is 10.5 Å². The summed E-state index contributed by atoms with van der Waals surface area (Å²) in [5.74, 6) is 1.23. The number of amides is 1. The zero-order valence-corrected chi connectivity index (χ0v) is 14.4. The highest BCUT2D eigenvalue weighted by Gasteiger charge is 2.26. The third kappa shape index (κ3) is 4.89. The largest absolute Gasteiger partial charge is 0.481 e. The fraction of sp³-hybridized carbons (Fsp3) is 0.588. The topological polar surface area (TPSA) is 55.6 Å². The minimum atomic E-state index is -0.474.